The van der Waals surface area contributed by atoms with Gasteiger partial charge in [-0.1, -0.05) is 12.8 Å². The molecule has 5 nitrogen and oxygen atoms in total. The van der Waals surface area contributed by atoms with Crippen molar-refractivity contribution in [2.24, 2.45) is 11.1 Å². The number of alkyl carbamates (subject to hydrolysis) is 1. The Morgan fingerprint density at radius 1 is 1.22 bits per heavy atom. The lowest BCUT2D eigenvalue weighted by Gasteiger charge is -2.44. The maximum Gasteiger partial charge on any atom is 0.407 e. The number of carbonyl (C=O) groups is 1. The maximum absolute atomic E-state index is 12.0. The summed E-state index contributed by atoms with van der Waals surface area (Å²) in [5.74, 6) is 0. The highest BCUT2D eigenvalue weighted by Gasteiger charge is 2.39. The second kappa shape index (κ2) is 7.39. The number of likely N-dealkylation sites (tertiary alicyclic amines) is 1. The van der Waals surface area contributed by atoms with Crippen LogP contribution in [0.4, 0.5) is 4.79 Å². The molecule has 0 bridgehead atoms. The quantitative estimate of drug-likeness (QED) is 0.834. The van der Waals surface area contributed by atoms with Crippen LogP contribution in [0.2, 0.25) is 0 Å². The minimum Gasteiger partial charge on any atom is -0.444 e. The molecular formula is C18H35N3O2. The van der Waals surface area contributed by atoms with Crippen LogP contribution in [0.25, 0.3) is 0 Å². The number of nitrogens with zero attached hydrogens (tertiary/aromatic N) is 1. The van der Waals surface area contributed by atoms with Gasteiger partial charge in [-0.2, -0.15) is 0 Å². The topological polar surface area (TPSA) is 67.6 Å². The molecule has 1 amide bonds. The van der Waals surface area contributed by atoms with Crippen molar-refractivity contribution in [3.63, 3.8) is 0 Å². The van der Waals surface area contributed by atoms with E-state index in [0.29, 0.717) is 12.0 Å². The number of hydrogen-bond donors (Lipinski definition) is 2. The van der Waals surface area contributed by atoms with E-state index in [1.165, 1.54) is 38.5 Å². The average molecular weight is 325 g/mol. The van der Waals surface area contributed by atoms with E-state index < -0.39 is 5.60 Å². The van der Waals surface area contributed by atoms with Gasteiger partial charge >= 0.3 is 6.09 Å². The van der Waals surface area contributed by atoms with E-state index in [1.54, 1.807) is 0 Å². The van der Waals surface area contributed by atoms with Crippen LogP contribution in [0.1, 0.15) is 66.2 Å². The van der Waals surface area contributed by atoms with Crippen molar-refractivity contribution >= 4 is 6.09 Å². The third-order valence-electron chi connectivity index (χ3n) is 5.55. The van der Waals surface area contributed by atoms with Crippen molar-refractivity contribution in [3.05, 3.63) is 0 Å². The number of carbonyl (C=O) groups excluding carboxylic acids is 1. The minimum atomic E-state index is -0.470. The van der Waals surface area contributed by atoms with Crippen LogP contribution in [-0.4, -0.2) is 48.3 Å². The Morgan fingerprint density at radius 3 is 2.26 bits per heavy atom. The van der Waals surface area contributed by atoms with Crippen LogP contribution in [-0.2, 0) is 4.74 Å². The van der Waals surface area contributed by atoms with Gasteiger partial charge in [0.05, 0.1) is 0 Å². The summed E-state index contributed by atoms with van der Waals surface area (Å²) in [5.41, 5.74) is 6.16. The number of rotatable bonds is 4. The molecule has 0 aromatic rings. The Hall–Kier alpha value is -0.810. The molecule has 1 saturated carbocycles. The van der Waals surface area contributed by atoms with Gasteiger partial charge in [0.1, 0.15) is 5.60 Å². The van der Waals surface area contributed by atoms with Gasteiger partial charge in [0.2, 0.25) is 0 Å². The number of piperidine rings is 1. The minimum absolute atomic E-state index is 0.00696. The van der Waals surface area contributed by atoms with Crippen molar-refractivity contribution in [3.8, 4) is 0 Å². The molecule has 1 spiro atoms. The van der Waals surface area contributed by atoms with E-state index in [9.17, 15) is 4.79 Å². The van der Waals surface area contributed by atoms with Crippen molar-refractivity contribution in [2.75, 3.05) is 19.6 Å². The van der Waals surface area contributed by atoms with Crippen molar-refractivity contribution < 1.29 is 9.53 Å². The molecule has 2 unspecified atom stereocenters. The number of nitrogens with one attached hydrogen (secondary N) is 1. The summed E-state index contributed by atoms with van der Waals surface area (Å²) in [4.78, 5) is 14.4. The Balaban J connectivity index is 1.85. The van der Waals surface area contributed by atoms with Crippen LogP contribution >= 0.6 is 0 Å². The zero-order chi connectivity index (χ0) is 17.1. The molecule has 0 aromatic heterocycles. The first-order valence-electron chi connectivity index (χ1n) is 9.18. The fourth-order valence-electron chi connectivity index (χ4n) is 4.21. The smallest absolute Gasteiger partial charge is 0.407 e. The maximum atomic E-state index is 12.0. The summed E-state index contributed by atoms with van der Waals surface area (Å²) < 4.78 is 5.36. The normalized spacial score (nSPS) is 24.4. The molecule has 1 aliphatic heterocycles. The zero-order valence-corrected chi connectivity index (χ0v) is 15.4. The van der Waals surface area contributed by atoms with E-state index >= 15 is 0 Å². The van der Waals surface area contributed by atoms with Gasteiger partial charge in [-0.15, -0.1) is 0 Å². The lowest BCUT2D eigenvalue weighted by Crippen LogP contribution is -2.57. The number of hydrogen-bond acceptors (Lipinski definition) is 4. The molecule has 2 fully saturated rings. The van der Waals surface area contributed by atoms with E-state index in [4.69, 9.17) is 10.5 Å². The number of nitrogens with two attached hydrogens (primary N) is 1. The van der Waals surface area contributed by atoms with E-state index in [-0.39, 0.29) is 18.2 Å². The van der Waals surface area contributed by atoms with Gasteiger partial charge in [0, 0.05) is 18.6 Å². The van der Waals surface area contributed by atoms with Gasteiger partial charge in [-0.25, -0.2) is 4.79 Å². The molecule has 2 atom stereocenters. The van der Waals surface area contributed by atoms with Crippen LogP contribution in [0.3, 0.4) is 0 Å². The molecule has 2 aliphatic rings. The fraction of sp³-hybridized carbons (Fsp3) is 0.944. The third-order valence-corrected chi connectivity index (χ3v) is 5.55. The molecule has 0 radical (unpaired) electrons. The lowest BCUT2D eigenvalue weighted by atomic mass is 9.76. The highest BCUT2D eigenvalue weighted by molar-refractivity contribution is 5.68. The van der Waals surface area contributed by atoms with Crippen molar-refractivity contribution in [1.82, 2.24) is 10.2 Å². The fourth-order valence-corrected chi connectivity index (χ4v) is 4.21. The highest BCUT2D eigenvalue weighted by atomic mass is 16.6. The first-order chi connectivity index (χ1) is 10.7. The standard InChI is InChI=1S/C18H35N3O2/c1-14(20-16(22)23-17(2,3)4)15(13-19)21-11-9-18(10-12-21)7-5-6-8-18/h14-15H,5-13,19H2,1-4H3,(H,20,22). The number of ether oxygens (including phenoxy) is 1. The summed E-state index contributed by atoms with van der Waals surface area (Å²) in [6, 6.07) is 0.175. The van der Waals surface area contributed by atoms with Crippen LogP contribution in [0, 0.1) is 5.41 Å². The highest BCUT2D eigenvalue weighted by Crippen LogP contribution is 2.46. The van der Waals surface area contributed by atoms with Crippen LogP contribution in [0.15, 0.2) is 0 Å². The van der Waals surface area contributed by atoms with Gasteiger partial charge in [-0.05, 0) is 71.9 Å². The molecule has 23 heavy (non-hydrogen) atoms. The second-order valence-corrected chi connectivity index (χ2v) is 8.48. The first kappa shape index (κ1) is 18.5. The van der Waals surface area contributed by atoms with E-state index in [0.717, 1.165) is 13.1 Å². The van der Waals surface area contributed by atoms with E-state index in [2.05, 4.69) is 10.2 Å². The Labute approximate surface area is 141 Å². The predicted octanol–water partition coefficient (Wildman–Crippen LogP) is 2.88. The summed E-state index contributed by atoms with van der Waals surface area (Å²) in [6.07, 6.45) is 7.81. The molecule has 1 heterocycles. The summed E-state index contributed by atoms with van der Waals surface area (Å²) in [6.45, 7) is 10.4. The van der Waals surface area contributed by atoms with Crippen LogP contribution < -0.4 is 11.1 Å². The van der Waals surface area contributed by atoms with E-state index in [1.807, 2.05) is 27.7 Å². The summed E-state index contributed by atoms with van der Waals surface area (Å²) in [5, 5.41) is 2.96. The van der Waals surface area contributed by atoms with Crippen molar-refractivity contribution in [2.45, 2.75) is 83.9 Å². The van der Waals surface area contributed by atoms with Crippen molar-refractivity contribution in [1.29, 1.82) is 0 Å². The van der Waals surface area contributed by atoms with Gasteiger partial charge in [0.25, 0.3) is 0 Å². The third kappa shape index (κ3) is 5.08. The molecule has 5 heteroatoms. The monoisotopic (exact) mass is 325 g/mol. The van der Waals surface area contributed by atoms with Gasteiger partial charge < -0.3 is 15.8 Å². The number of amides is 1. The van der Waals surface area contributed by atoms with Crippen LogP contribution in [0.5, 0.6) is 0 Å². The van der Waals surface area contributed by atoms with Gasteiger partial charge in [-0.3, -0.25) is 4.90 Å². The second-order valence-electron chi connectivity index (χ2n) is 8.48. The molecular weight excluding hydrogens is 290 g/mol. The Kier molecular flexibility index (Phi) is 5.95. The largest absolute Gasteiger partial charge is 0.444 e. The summed E-state index contributed by atoms with van der Waals surface area (Å²) in [7, 11) is 0. The predicted molar refractivity (Wildman–Crippen MR) is 93.4 cm³/mol. The molecule has 3 N–H and O–H groups in total. The average Bonchev–Trinajstić information content (AvgIpc) is 2.88. The molecule has 1 saturated heterocycles. The first-order valence-corrected chi connectivity index (χ1v) is 9.18. The zero-order valence-electron chi connectivity index (χ0n) is 15.4. The molecule has 0 aromatic carbocycles. The summed E-state index contributed by atoms with van der Waals surface area (Å²) >= 11 is 0. The molecule has 134 valence electrons. The Bertz CT molecular complexity index is 390. The lowest BCUT2D eigenvalue weighted by molar-refractivity contribution is 0.0397. The molecule has 2 rings (SSSR count). The SMILES string of the molecule is CC(NC(=O)OC(C)(C)C)C(CN)N1CCC2(CCCC2)CC1. The van der Waals surface area contributed by atoms with Gasteiger partial charge in [0.15, 0.2) is 0 Å². The Morgan fingerprint density at radius 2 is 1.78 bits per heavy atom. The molecule has 1 aliphatic carbocycles.